The molecule has 0 aliphatic heterocycles. The van der Waals surface area contributed by atoms with Crippen molar-refractivity contribution in [3.8, 4) is 0 Å². The second-order valence-electron chi connectivity index (χ2n) is 3.38. The smallest absolute Gasteiger partial charge is 0.108 e. The number of hydrogen-bond donors (Lipinski definition) is 0. The van der Waals surface area contributed by atoms with Crippen molar-refractivity contribution >= 4 is 27.0 Å². The van der Waals surface area contributed by atoms with E-state index in [0.717, 1.165) is 15.5 Å². The molecule has 1 aliphatic carbocycles. The number of pyridine rings is 1. The number of aromatic nitrogens is 3. The molecule has 4 heteroatoms. The molecule has 3 nitrogen and oxygen atoms in total. The van der Waals surface area contributed by atoms with Gasteiger partial charge in [0.05, 0.1) is 17.8 Å². The number of hydrogen-bond acceptors (Lipinski definition) is 2. The van der Waals surface area contributed by atoms with E-state index in [1.54, 1.807) is 6.20 Å². The van der Waals surface area contributed by atoms with Crippen LogP contribution in [0.2, 0.25) is 0 Å². The highest BCUT2D eigenvalue weighted by atomic mass is 79.9. The first-order valence-electron chi connectivity index (χ1n) is 4.33. The highest BCUT2D eigenvalue weighted by Crippen LogP contribution is 2.36. The Kier molecular flexibility index (Phi) is 1.47. The summed E-state index contributed by atoms with van der Waals surface area (Å²) in [5.41, 5.74) is 2.12. The fourth-order valence-electron chi connectivity index (χ4n) is 1.51. The summed E-state index contributed by atoms with van der Waals surface area (Å²) in [5.74, 6) is 0. The van der Waals surface area contributed by atoms with Crippen molar-refractivity contribution in [1.29, 1.82) is 0 Å². The van der Waals surface area contributed by atoms with Crippen molar-refractivity contribution in [2.45, 2.75) is 18.9 Å². The molecule has 0 aromatic carbocycles. The topological polar surface area (TPSA) is 30.7 Å². The molecule has 0 bridgehead atoms. The number of rotatable bonds is 1. The summed E-state index contributed by atoms with van der Waals surface area (Å²) in [6.07, 6.45) is 6.15. The van der Waals surface area contributed by atoms with Crippen LogP contribution in [0.1, 0.15) is 18.9 Å². The summed E-state index contributed by atoms with van der Waals surface area (Å²) in [6, 6.07) is 2.70. The van der Waals surface area contributed by atoms with Gasteiger partial charge < -0.3 is 0 Å². The van der Waals surface area contributed by atoms with E-state index in [2.05, 4.69) is 36.8 Å². The predicted molar refractivity (Wildman–Crippen MR) is 53.5 cm³/mol. The van der Waals surface area contributed by atoms with Crippen LogP contribution in [0.25, 0.3) is 11.0 Å². The van der Waals surface area contributed by atoms with Crippen LogP contribution in [-0.2, 0) is 0 Å². The second kappa shape index (κ2) is 2.54. The lowest BCUT2D eigenvalue weighted by molar-refractivity contribution is 0.665. The number of fused-ring (bicyclic) bond motifs is 1. The van der Waals surface area contributed by atoms with Gasteiger partial charge in [0.15, 0.2) is 0 Å². The molecule has 3 rings (SSSR count). The zero-order valence-corrected chi connectivity index (χ0v) is 8.53. The molecule has 0 spiro atoms. The summed E-state index contributed by atoms with van der Waals surface area (Å²) < 4.78 is 3.09. The first kappa shape index (κ1) is 7.50. The van der Waals surface area contributed by atoms with Crippen molar-refractivity contribution in [3.63, 3.8) is 0 Å². The average Bonchev–Trinajstić information content (AvgIpc) is 2.87. The Hall–Kier alpha value is -0.900. The van der Waals surface area contributed by atoms with Gasteiger partial charge in [0.2, 0.25) is 0 Å². The van der Waals surface area contributed by atoms with E-state index in [0.29, 0.717) is 6.04 Å². The first-order valence-corrected chi connectivity index (χ1v) is 5.12. The number of nitrogens with zero attached hydrogens (tertiary/aromatic N) is 3. The standard InChI is InChI=1S/C9H8BrN3/c10-6-3-9-8(11-4-6)5-12-13(9)7-1-2-7/h3-5,7H,1-2H2. The average molecular weight is 238 g/mol. The van der Waals surface area contributed by atoms with Crippen LogP contribution in [-0.4, -0.2) is 14.8 Å². The van der Waals surface area contributed by atoms with Gasteiger partial charge in [-0.1, -0.05) is 0 Å². The highest BCUT2D eigenvalue weighted by Gasteiger charge is 2.25. The minimum Gasteiger partial charge on any atom is -0.260 e. The maximum Gasteiger partial charge on any atom is 0.108 e. The van der Waals surface area contributed by atoms with Crippen molar-refractivity contribution < 1.29 is 0 Å². The van der Waals surface area contributed by atoms with Gasteiger partial charge in [-0.2, -0.15) is 5.10 Å². The van der Waals surface area contributed by atoms with Crippen LogP contribution < -0.4 is 0 Å². The second-order valence-corrected chi connectivity index (χ2v) is 4.29. The summed E-state index contributed by atoms with van der Waals surface area (Å²) >= 11 is 3.42. The van der Waals surface area contributed by atoms with Crippen molar-refractivity contribution in [1.82, 2.24) is 14.8 Å². The summed E-state index contributed by atoms with van der Waals surface area (Å²) in [7, 11) is 0. The fraction of sp³-hybridized carbons (Fsp3) is 0.333. The highest BCUT2D eigenvalue weighted by molar-refractivity contribution is 9.10. The van der Waals surface area contributed by atoms with Gasteiger partial charge in [-0.25, -0.2) is 0 Å². The third-order valence-corrected chi connectivity index (χ3v) is 2.74. The molecule has 0 radical (unpaired) electrons. The van der Waals surface area contributed by atoms with Gasteiger partial charge in [-0.15, -0.1) is 0 Å². The third-order valence-electron chi connectivity index (χ3n) is 2.31. The van der Waals surface area contributed by atoms with Crippen LogP contribution >= 0.6 is 15.9 Å². The van der Waals surface area contributed by atoms with Gasteiger partial charge in [-0.3, -0.25) is 9.67 Å². The molecule has 13 heavy (non-hydrogen) atoms. The Morgan fingerprint density at radius 3 is 3.00 bits per heavy atom. The largest absolute Gasteiger partial charge is 0.260 e. The van der Waals surface area contributed by atoms with Gasteiger partial charge >= 0.3 is 0 Å². The van der Waals surface area contributed by atoms with E-state index in [9.17, 15) is 0 Å². The van der Waals surface area contributed by atoms with E-state index in [1.807, 2.05) is 6.20 Å². The lowest BCUT2D eigenvalue weighted by Gasteiger charge is -1.99. The molecule has 1 saturated carbocycles. The van der Waals surface area contributed by atoms with Gasteiger partial charge in [0.25, 0.3) is 0 Å². The Balaban J connectivity index is 2.29. The fourth-order valence-corrected chi connectivity index (χ4v) is 1.83. The predicted octanol–water partition coefficient (Wildman–Crippen LogP) is 2.53. The van der Waals surface area contributed by atoms with Crippen LogP contribution in [0, 0.1) is 0 Å². The van der Waals surface area contributed by atoms with E-state index < -0.39 is 0 Å². The maximum atomic E-state index is 4.33. The van der Waals surface area contributed by atoms with Gasteiger partial charge in [0, 0.05) is 10.7 Å². The quantitative estimate of drug-likeness (QED) is 0.764. The molecule has 0 unspecified atom stereocenters. The number of halogens is 1. The molecule has 2 aromatic rings. The van der Waals surface area contributed by atoms with E-state index >= 15 is 0 Å². The SMILES string of the molecule is Brc1cnc2cnn(C3CC3)c2c1. The zero-order valence-electron chi connectivity index (χ0n) is 6.94. The Bertz CT molecular complexity index is 459. The molecule has 0 amide bonds. The van der Waals surface area contributed by atoms with Crippen LogP contribution in [0.5, 0.6) is 0 Å². The summed E-state index contributed by atoms with van der Waals surface area (Å²) in [6.45, 7) is 0. The van der Waals surface area contributed by atoms with Crippen molar-refractivity contribution in [2.75, 3.05) is 0 Å². The molecule has 1 aliphatic rings. The molecule has 0 saturated heterocycles. The van der Waals surface area contributed by atoms with Crippen molar-refractivity contribution in [2.24, 2.45) is 0 Å². The monoisotopic (exact) mass is 237 g/mol. The molecule has 0 N–H and O–H groups in total. The zero-order chi connectivity index (χ0) is 8.84. The molecule has 66 valence electrons. The van der Waals surface area contributed by atoms with Crippen LogP contribution in [0.4, 0.5) is 0 Å². The molecule has 2 heterocycles. The van der Waals surface area contributed by atoms with Crippen molar-refractivity contribution in [3.05, 3.63) is 22.9 Å². The Morgan fingerprint density at radius 2 is 2.23 bits per heavy atom. The van der Waals surface area contributed by atoms with Gasteiger partial charge in [-0.05, 0) is 34.8 Å². The summed E-state index contributed by atoms with van der Waals surface area (Å²) in [4.78, 5) is 4.28. The third kappa shape index (κ3) is 1.16. The first-order chi connectivity index (χ1) is 6.34. The maximum absolute atomic E-state index is 4.33. The van der Waals surface area contributed by atoms with E-state index in [-0.39, 0.29) is 0 Å². The molecule has 2 aromatic heterocycles. The minimum absolute atomic E-state index is 0.619. The summed E-state index contributed by atoms with van der Waals surface area (Å²) in [5, 5.41) is 4.33. The van der Waals surface area contributed by atoms with E-state index in [4.69, 9.17) is 0 Å². The normalized spacial score (nSPS) is 16.7. The molecular weight excluding hydrogens is 230 g/mol. The minimum atomic E-state index is 0.619. The molecule has 1 fully saturated rings. The lowest BCUT2D eigenvalue weighted by Crippen LogP contribution is -1.94. The van der Waals surface area contributed by atoms with Crippen LogP contribution in [0.3, 0.4) is 0 Å². The molecular formula is C9H8BrN3. The van der Waals surface area contributed by atoms with Gasteiger partial charge in [0.1, 0.15) is 5.52 Å². The Morgan fingerprint density at radius 1 is 1.38 bits per heavy atom. The van der Waals surface area contributed by atoms with Crippen LogP contribution in [0.15, 0.2) is 22.9 Å². The molecule has 0 atom stereocenters. The Labute approximate surface area is 83.9 Å². The van der Waals surface area contributed by atoms with E-state index in [1.165, 1.54) is 12.8 Å². The lowest BCUT2D eigenvalue weighted by atomic mass is 10.4.